The van der Waals surface area contributed by atoms with Crippen LogP contribution in [0.1, 0.15) is 19.4 Å². The van der Waals surface area contributed by atoms with Gasteiger partial charge in [-0.25, -0.2) is 4.99 Å². The van der Waals surface area contributed by atoms with E-state index in [1.165, 1.54) is 0 Å². The maximum atomic E-state index is 5.48. The van der Waals surface area contributed by atoms with Gasteiger partial charge in [0.05, 0.1) is 5.56 Å². The molecule has 72 valence electrons. The molecule has 0 spiro atoms. The molecule has 0 atom stereocenters. The van der Waals surface area contributed by atoms with Crippen LogP contribution in [0.4, 0.5) is 0 Å². The van der Waals surface area contributed by atoms with Crippen LogP contribution >= 0.6 is 0 Å². The number of aromatic nitrogens is 1. The maximum Gasteiger partial charge on any atom is 0.224 e. The molecule has 1 aliphatic heterocycles. The summed E-state index contributed by atoms with van der Waals surface area (Å²) in [5.41, 5.74) is 0.560. The largest absolute Gasteiger partial charge is 0.441 e. The average molecular weight is 188 g/mol. The van der Waals surface area contributed by atoms with Gasteiger partial charge in [0.2, 0.25) is 5.90 Å². The van der Waals surface area contributed by atoms with E-state index >= 15 is 0 Å². The Hall–Kier alpha value is -1.64. The van der Waals surface area contributed by atoms with Gasteiger partial charge in [-0.15, -0.1) is 0 Å². The number of nitrogens with zero attached hydrogens (tertiary/aromatic N) is 2. The quantitative estimate of drug-likeness (QED) is 0.676. The predicted molar refractivity (Wildman–Crippen MR) is 55.1 cm³/mol. The van der Waals surface area contributed by atoms with Crippen molar-refractivity contribution in [3.8, 4) is 0 Å². The lowest BCUT2D eigenvalue weighted by Gasteiger charge is -2.11. The fourth-order valence-electron chi connectivity index (χ4n) is 1.19. The van der Waals surface area contributed by atoms with E-state index in [0.717, 1.165) is 5.56 Å². The first kappa shape index (κ1) is 8.94. The first-order valence-electron chi connectivity index (χ1n) is 4.47. The minimum atomic E-state index is -0.328. The minimum Gasteiger partial charge on any atom is -0.441 e. The summed E-state index contributed by atoms with van der Waals surface area (Å²) in [5, 5.41) is 0. The first-order chi connectivity index (χ1) is 6.59. The highest BCUT2D eigenvalue weighted by Crippen LogP contribution is 2.28. The number of rotatable bonds is 1. The normalized spacial score (nSPS) is 19.0. The van der Waals surface area contributed by atoms with Crippen molar-refractivity contribution in [2.45, 2.75) is 19.4 Å². The molecular formula is C11H12N2O. The molecule has 0 unspecified atom stereocenters. The van der Waals surface area contributed by atoms with Crippen LogP contribution in [-0.4, -0.2) is 16.4 Å². The van der Waals surface area contributed by atoms with E-state index in [9.17, 15) is 0 Å². The molecule has 1 aromatic heterocycles. The van der Waals surface area contributed by atoms with Crippen molar-refractivity contribution in [3.05, 3.63) is 42.4 Å². The Kier molecular flexibility index (Phi) is 1.88. The molecule has 2 rings (SSSR count). The van der Waals surface area contributed by atoms with Crippen LogP contribution in [0.25, 0.3) is 0 Å². The Balaban J connectivity index is 2.36. The highest BCUT2D eigenvalue weighted by molar-refractivity contribution is 5.96. The first-order valence-corrected chi connectivity index (χ1v) is 4.47. The van der Waals surface area contributed by atoms with Gasteiger partial charge in [0.15, 0.2) is 0 Å². The summed E-state index contributed by atoms with van der Waals surface area (Å²) in [6.45, 7) is 7.77. The topological polar surface area (TPSA) is 34.5 Å². The number of pyridine rings is 1. The Bertz CT molecular complexity index is 393. The fourth-order valence-corrected chi connectivity index (χ4v) is 1.19. The lowest BCUT2D eigenvalue weighted by molar-refractivity contribution is 0.384. The molecule has 0 aliphatic carbocycles. The monoisotopic (exact) mass is 188 g/mol. The Morgan fingerprint density at radius 3 is 2.71 bits per heavy atom. The molecule has 14 heavy (non-hydrogen) atoms. The van der Waals surface area contributed by atoms with E-state index in [-0.39, 0.29) is 5.54 Å². The van der Waals surface area contributed by atoms with E-state index in [1.807, 2.05) is 26.0 Å². The van der Waals surface area contributed by atoms with Crippen LogP contribution < -0.4 is 0 Å². The summed E-state index contributed by atoms with van der Waals surface area (Å²) in [6.07, 6.45) is 3.45. The molecule has 0 radical (unpaired) electrons. The van der Waals surface area contributed by atoms with Crippen molar-refractivity contribution in [3.63, 3.8) is 0 Å². The van der Waals surface area contributed by atoms with Gasteiger partial charge in [0, 0.05) is 12.4 Å². The lowest BCUT2D eigenvalue weighted by atomic mass is 10.1. The van der Waals surface area contributed by atoms with Crippen LogP contribution in [0.15, 0.2) is 41.9 Å². The Labute approximate surface area is 83.2 Å². The smallest absolute Gasteiger partial charge is 0.224 e. The second-order valence-corrected chi connectivity index (χ2v) is 3.74. The van der Waals surface area contributed by atoms with E-state index in [2.05, 4.69) is 16.6 Å². The zero-order valence-corrected chi connectivity index (χ0v) is 8.32. The molecule has 0 N–H and O–H groups in total. The van der Waals surface area contributed by atoms with Crippen LogP contribution in [0, 0.1) is 0 Å². The Morgan fingerprint density at radius 1 is 1.43 bits per heavy atom. The summed E-state index contributed by atoms with van der Waals surface area (Å²) in [6, 6.07) is 3.77. The molecule has 0 saturated heterocycles. The number of aliphatic imine (C=N–C) groups is 1. The predicted octanol–water partition coefficient (Wildman–Crippen LogP) is 2.15. The van der Waals surface area contributed by atoms with E-state index < -0.39 is 0 Å². The molecule has 3 nitrogen and oxygen atoms in total. The average Bonchev–Trinajstić information content (AvgIpc) is 2.43. The molecular weight excluding hydrogens is 176 g/mol. The van der Waals surface area contributed by atoms with E-state index in [0.29, 0.717) is 11.7 Å². The third-order valence-electron chi connectivity index (χ3n) is 2.19. The Morgan fingerprint density at radius 2 is 2.21 bits per heavy atom. The minimum absolute atomic E-state index is 0.328. The molecule has 2 heterocycles. The highest BCUT2D eigenvalue weighted by Gasteiger charge is 2.31. The zero-order valence-electron chi connectivity index (χ0n) is 8.32. The lowest BCUT2D eigenvalue weighted by Crippen LogP contribution is -2.14. The second-order valence-electron chi connectivity index (χ2n) is 3.74. The van der Waals surface area contributed by atoms with E-state index in [4.69, 9.17) is 4.74 Å². The van der Waals surface area contributed by atoms with Gasteiger partial charge in [0.25, 0.3) is 0 Å². The third-order valence-corrected chi connectivity index (χ3v) is 2.19. The van der Waals surface area contributed by atoms with Crippen LogP contribution in [0.3, 0.4) is 0 Å². The summed E-state index contributed by atoms with van der Waals surface area (Å²) in [4.78, 5) is 8.44. The van der Waals surface area contributed by atoms with Gasteiger partial charge < -0.3 is 4.74 Å². The molecule has 0 saturated carbocycles. The molecule has 0 amide bonds. The van der Waals surface area contributed by atoms with Crippen LogP contribution in [0.2, 0.25) is 0 Å². The van der Waals surface area contributed by atoms with Crippen LogP contribution in [-0.2, 0) is 4.74 Å². The summed E-state index contributed by atoms with van der Waals surface area (Å²) < 4.78 is 5.48. The highest BCUT2D eigenvalue weighted by atomic mass is 16.5. The number of hydrogen-bond acceptors (Lipinski definition) is 3. The van der Waals surface area contributed by atoms with Gasteiger partial charge in [-0.2, -0.15) is 0 Å². The van der Waals surface area contributed by atoms with Gasteiger partial charge in [-0.05, 0) is 26.0 Å². The maximum absolute atomic E-state index is 5.48. The zero-order chi connectivity index (χ0) is 10.2. The van der Waals surface area contributed by atoms with Crippen molar-refractivity contribution >= 4 is 5.90 Å². The SMILES string of the molecule is C=C1OC(c2cccnc2)=NC1(C)C. The molecule has 1 aliphatic rings. The third kappa shape index (κ3) is 1.41. The number of hydrogen-bond donors (Lipinski definition) is 0. The number of ether oxygens (including phenoxy) is 1. The van der Waals surface area contributed by atoms with Gasteiger partial charge in [-0.1, -0.05) is 6.58 Å². The second kappa shape index (κ2) is 2.94. The summed E-state index contributed by atoms with van der Waals surface area (Å²) in [7, 11) is 0. The van der Waals surface area contributed by atoms with Crippen molar-refractivity contribution in [2.75, 3.05) is 0 Å². The standard InChI is InChI=1S/C11H12N2O/c1-8-11(2,3)13-10(14-8)9-5-4-6-12-7-9/h4-7H,1H2,2-3H3. The van der Waals surface area contributed by atoms with Gasteiger partial charge >= 0.3 is 0 Å². The van der Waals surface area contributed by atoms with Crippen molar-refractivity contribution < 1.29 is 4.74 Å². The van der Waals surface area contributed by atoms with E-state index in [1.54, 1.807) is 12.4 Å². The van der Waals surface area contributed by atoms with Gasteiger partial charge in [-0.3, -0.25) is 4.98 Å². The summed E-state index contributed by atoms with van der Waals surface area (Å²) >= 11 is 0. The molecule has 0 fully saturated rings. The molecule has 3 heteroatoms. The van der Waals surface area contributed by atoms with Crippen LogP contribution in [0.5, 0.6) is 0 Å². The van der Waals surface area contributed by atoms with Crippen molar-refractivity contribution in [1.29, 1.82) is 0 Å². The molecule has 0 bridgehead atoms. The molecule has 0 aromatic carbocycles. The summed E-state index contributed by atoms with van der Waals surface area (Å²) in [5.74, 6) is 1.28. The fraction of sp³-hybridized carbons (Fsp3) is 0.273. The van der Waals surface area contributed by atoms with Crippen molar-refractivity contribution in [2.24, 2.45) is 4.99 Å². The molecule has 1 aromatic rings. The van der Waals surface area contributed by atoms with Gasteiger partial charge in [0.1, 0.15) is 11.3 Å². The van der Waals surface area contributed by atoms with Crippen molar-refractivity contribution in [1.82, 2.24) is 4.98 Å².